The number of benzene rings is 1. The highest BCUT2D eigenvalue weighted by Crippen LogP contribution is 2.14. The van der Waals surface area contributed by atoms with E-state index < -0.39 is 0 Å². The van der Waals surface area contributed by atoms with Gasteiger partial charge in [-0.2, -0.15) is 0 Å². The summed E-state index contributed by atoms with van der Waals surface area (Å²) in [6.07, 6.45) is 0.850. The molecule has 0 heterocycles. The standard InChI is InChI=1S/C14H22N2O2/c1-4-11(10-18-3)16-14(17)12-8-6-7-9-13(12)15-5-2/h6-9,11,15H,4-5,10H2,1-3H3,(H,16,17). The Morgan fingerprint density at radius 2 is 2.06 bits per heavy atom. The van der Waals surface area contributed by atoms with E-state index in [2.05, 4.69) is 10.6 Å². The molecule has 0 aromatic heterocycles. The van der Waals surface area contributed by atoms with Crippen molar-refractivity contribution in [3.05, 3.63) is 29.8 Å². The number of rotatable bonds is 7. The van der Waals surface area contributed by atoms with E-state index in [0.717, 1.165) is 18.7 Å². The van der Waals surface area contributed by atoms with Gasteiger partial charge in [-0.25, -0.2) is 0 Å². The van der Waals surface area contributed by atoms with Crippen molar-refractivity contribution < 1.29 is 9.53 Å². The molecule has 0 saturated heterocycles. The molecule has 0 bridgehead atoms. The lowest BCUT2D eigenvalue weighted by molar-refractivity contribution is 0.0895. The van der Waals surface area contributed by atoms with Crippen LogP contribution in [0, 0.1) is 0 Å². The first-order chi connectivity index (χ1) is 8.72. The Balaban J connectivity index is 2.76. The van der Waals surface area contributed by atoms with Gasteiger partial charge in [0.1, 0.15) is 0 Å². The average Bonchev–Trinajstić information content (AvgIpc) is 2.39. The summed E-state index contributed by atoms with van der Waals surface area (Å²) in [6, 6.07) is 7.58. The van der Waals surface area contributed by atoms with Crippen LogP contribution >= 0.6 is 0 Å². The third kappa shape index (κ3) is 4.04. The number of methoxy groups -OCH3 is 1. The van der Waals surface area contributed by atoms with Crippen LogP contribution < -0.4 is 10.6 Å². The number of hydrogen-bond donors (Lipinski definition) is 2. The largest absolute Gasteiger partial charge is 0.385 e. The minimum absolute atomic E-state index is 0.0529. The third-order valence-corrected chi connectivity index (χ3v) is 2.73. The Kier molecular flexibility index (Phi) is 6.22. The lowest BCUT2D eigenvalue weighted by atomic mass is 10.1. The molecule has 4 heteroatoms. The molecule has 1 rings (SSSR count). The zero-order chi connectivity index (χ0) is 13.4. The van der Waals surface area contributed by atoms with Crippen molar-refractivity contribution in [1.29, 1.82) is 0 Å². The van der Waals surface area contributed by atoms with Crippen LogP contribution in [0.15, 0.2) is 24.3 Å². The first kappa shape index (κ1) is 14.5. The minimum Gasteiger partial charge on any atom is -0.385 e. The quantitative estimate of drug-likeness (QED) is 0.780. The summed E-state index contributed by atoms with van der Waals surface area (Å²) < 4.78 is 5.08. The first-order valence-electron chi connectivity index (χ1n) is 6.35. The number of carbonyl (C=O) groups is 1. The van der Waals surface area contributed by atoms with Crippen LogP contribution in [0.3, 0.4) is 0 Å². The fourth-order valence-corrected chi connectivity index (χ4v) is 1.75. The van der Waals surface area contributed by atoms with Crippen LogP contribution in [0.5, 0.6) is 0 Å². The summed E-state index contributed by atoms with van der Waals surface area (Å²) in [4.78, 5) is 12.2. The first-order valence-corrected chi connectivity index (χ1v) is 6.35. The van der Waals surface area contributed by atoms with Crippen molar-refractivity contribution in [3.8, 4) is 0 Å². The highest BCUT2D eigenvalue weighted by atomic mass is 16.5. The molecule has 1 aromatic rings. The molecule has 18 heavy (non-hydrogen) atoms. The van der Waals surface area contributed by atoms with Gasteiger partial charge in [-0.1, -0.05) is 19.1 Å². The van der Waals surface area contributed by atoms with Gasteiger partial charge in [0.05, 0.1) is 18.2 Å². The Morgan fingerprint density at radius 3 is 2.67 bits per heavy atom. The van der Waals surface area contributed by atoms with Gasteiger partial charge in [0.25, 0.3) is 5.91 Å². The van der Waals surface area contributed by atoms with E-state index in [-0.39, 0.29) is 11.9 Å². The van der Waals surface area contributed by atoms with E-state index in [9.17, 15) is 4.79 Å². The Morgan fingerprint density at radius 1 is 1.33 bits per heavy atom. The molecule has 1 unspecified atom stereocenters. The van der Waals surface area contributed by atoms with Crippen molar-refractivity contribution in [2.45, 2.75) is 26.3 Å². The lowest BCUT2D eigenvalue weighted by Gasteiger charge is -2.17. The summed E-state index contributed by atoms with van der Waals surface area (Å²) in [7, 11) is 1.64. The van der Waals surface area contributed by atoms with Crippen molar-refractivity contribution >= 4 is 11.6 Å². The molecular formula is C14H22N2O2. The maximum Gasteiger partial charge on any atom is 0.253 e. The number of hydrogen-bond acceptors (Lipinski definition) is 3. The van der Waals surface area contributed by atoms with Gasteiger partial charge in [-0.3, -0.25) is 4.79 Å². The second-order valence-electron chi connectivity index (χ2n) is 4.11. The van der Waals surface area contributed by atoms with Crippen molar-refractivity contribution in [2.75, 3.05) is 25.6 Å². The van der Waals surface area contributed by atoms with Crippen molar-refractivity contribution in [2.24, 2.45) is 0 Å². The maximum atomic E-state index is 12.2. The zero-order valence-corrected chi connectivity index (χ0v) is 11.3. The van der Waals surface area contributed by atoms with Crippen LogP contribution in [0.2, 0.25) is 0 Å². The van der Waals surface area contributed by atoms with Gasteiger partial charge in [-0.15, -0.1) is 0 Å². The molecule has 0 aliphatic carbocycles. The molecule has 0 aliphatic heterocycles. The Hall–Kier alpha value is -1.55. The second kappa shape index (κ2) is 7.71. The summed E-state index contributed by atoms with van der Waals surface area (Å²) in [5.74, 6) is -0.0598. The number of amides is 1. The van der Waals surface area contributed by atoms with Gasteiger partial charge in [0.15, 0.2) is 0 Å². The predicted octanol–water partition coefficient (Wildman–Crippen LogP) is 2.27. The minimum atomic E-state index is -0.0598. The molecule has 0 aliphatic rings. The SMILES string of the molecule is CCNc1ccccc1C(=O)NC(CC)COC. The van der Waals surface area contributed by atoms with E-state index in [1.165, 1.54) is 0 Å². The highest BCUT2D eigenvalue weighted by molar-refractivity contribution is 5.99. The Bertz CT molecular complexity index is 380. The molecule has 0 fully saturated rings. The van der Waals surface area contributed by atoms with E-state index >= 15 is 0 Å². The summed E-state index contributed by atoms with van der Waals surface area (Å²) in [6.45, 7) is 5.36. The Labute approximate surface area is 109 Å². The number of ether oxygens (including phenoxy) is 1. The monoisotopic (exact) mass is 250 g/mol. The van der Waals surface area contributed by atoms with Gasteiger partial charge in [0.2, 0.25) is 0 Å². The van der Waals surface area contributed by atoms with Gasteiger partial charge < -0.3 is 15.4 Å². The van der Waals surface area contributed by atoms with Crippen molar-refractivity contribution in [3.63, 3.8) is 0 Å². The molecule has 4 nitrogen and oxygen atoms in total. The molecule has 1 atom stereocenters. The molecule has 100 valence electrons. The molecule has 1 aromatic carbocycles. The van der Waals surface area contributed by atoms with Gasteiger partial charge in [-0.05, 0) is 25.5 Å². The van der Waals surface area contributed by atoms with Crippen LogP contribution in [0.4, 0.5) is 5.69 Å². The van der Waals surface area contributed by atoms with Crippen LogP contribution in [0.1, 0.15) is 30.6 Å². The third-order valence-electron chi connectivity index (χ3n) is 2.73. The molecular weight excluding hydrogens is 228 g/mol. The number of para-hydroxylation sites is 1. The summed E-state index contributed by atoms with van der Waals surface area (Å²) in [5, 5.41) is 6.17. The van der Waals surface area contributed by atoms with E-state index in [1.54, 1.807) is 7.11 Å². The smallest absolute Gasteiger partial charge is 0.253 e. The van der Waals surface area contributed by atoms with Crippen molar-refractivity contribution in [1.82, 2.24) is 5.32 Å². The molecule has 2 N–H and O–H groups in total. The van der Waals surface area contributed by atoms with E-state index in [0.29, 0.717) is 12.2 Å². The lowest BCUT2D eigenvalue weighted by Crippen LogP contribution is -2.37. The fraction of sp³-hybridized carbons (Fsp3) is 0.500. The number of carbonyl (C=O) groups excluding carboxylic acids is 1. The fourth-order valence-electron chi connectivity index (χ4n) is 1.75. The van der Waals surface area contributed by atoms with Crippen LogP contribution in [-0.4, -0.2) is 32.2 Å². The predicted molar refractivity (Wildman–Crippen MR) is 74.0 cm³/mol. The van der Waals surface area contributed by atoms with E-state index in [1.807, 2.05) is 38.1 Å². The van der Waals surface area contributed by atoms with Crippen LogP contribution in [0.25, 0.3) is 0 Å². The topological polar surface area (TPSA) is 50.4 Å². The number of nitrogens with one attached hydrogen (secondary N) is 2. The molecule has 0 saturated carbocycles. The second-order valence-corrected chi connectivity index (χ2v) is 4.11. The van der Waals surface area contributed by atoms with Gasteiger partial charge in [0, 0.05) is 19.3 Å². The van der Waals surface area contributed by atoms with Crippen LogP contribution in [-0.2, 0) is 4.74 Å². The zero-order valence-electron chi connectivity index (χ0n) is 11.3. The highest BCUT2D eigenvalue weighted by Gasteiger charge is 2.14. The molecule has 1 amide bonds. The summed E-state index contributed by atoms with van der Waals surface area (Å²) in [5.41, 5.74) is 1.54. The van der Waals surface area contributed by atoms with E-state index in [4.69, 9.17) is 4.74 Å². The summed E-state index contributed by atoms with van der Waals surface area (Å²) >= 11 is 0. The van der Waals surface area contributed by atoms with Gasteiger partial charge >= 0.3 is 0 Å². The maximum absolute atomic E-state index is 12.2. The average molecular weight is 250 g/mol. The normalized spacial score (nSPS) is 11.9. The molecule has 0 spiro atoms. The number of anilines is 1. The molecule has 0 radical (unpaired) electrons.